The molecule has 0 heterocycles. The summed E-state index contributed by atoms with van der Waals surface area (Å²) in [5.41, 5.74) is -0.0323. The molecule has 0 aliphatic carbocycles. The van der Waals surface area contributed by atoms with Gasteiger partial charge < -0.3 is 15.2 Å². The van der Waals surface area contributed by atoms with E-state index in [1.165, 1.54) is 0 Å². The van der Waals surface area contributed by atoms with E-state index in [4.69, 9.17) is 4.74 Å². The fourth-order valence-corrected chi connectivity index (χ4v) is 1.60. The van der Waals surface area contributed by atoms with Crippen LogP contribution in [0.25, 0.3) is 0 Å². The van der Waals surface area contributed by atoms with Crippen LogP contribution in [-0.4, -0.2) is 38.4 Å². The van der Waals surface area contributed by atoms with Crippen molar-refractivity contribution < 1.29 is 18.6 Å². The number of hydrogen-bond acceptors (Lipinski definition) is 3. The van der Waals surface area contributed by atoms with E-state index in [-0.39, 0.29) is 13.2 Å². The van der Waals surface area contributed by atoms with Crippen molar-refractivity contribution in [2.45, 2.75) is 12.0 Å². The summed E-state index contributed by atoms with van der Waals surface area (Å²) in [5.74, 6) is 0. The lowest BCUT2D eigenvalue weighted by molar-refractivity contribution is -0.0202. The van der Waals surface area contributed by atoms with E-state index in [1.54, 1.807) is 7.05 Å². The van der Waals surface area contributed by atoms with Crippen LogP contribution in [0.15, 0.2) is 30.3 Å². The molecule has 0 spiro atoms. The molecular formula is C12H17F2NO2. The fourth-order valence-electron chi connectivity index (χ4n) is 1.60. The van der Waals surface area contributed by atoms with Crippen molar-refractivity contribution in [3.63, 3.8) is 0 Å². The largest absolute Gasteiger partial charge is 0.394 e. The first kappa shape index (κ1) is 14.0. The molecule has 0 aromatic heterocycles. The number of alkyl halides is 2. The average molecular weight is 245 g/mol. The minimum Gasteiger partial charge on any atom is -0.394 e. The van der Waals surface area contributed by atoms with Crippen LogP contribution in [0.2, 0.25) is 0 Å². The number of aliphatic hydroxyl groups excluding tert-OH is 1. The van der Waals surface area contributed by atoms with Gasteiger partial charge in [-0.3, -0.25) is 0 Å². The van der Waals surface area contributed by atoms with Crippen LogP contribution in [-0.2, 0) is 10.3 Å². The van der Waals surface area contributed by atoms with Crippen molar-refractivity contribution in [1.29, 1.82) is 0 Å². The number of nitrogens with one attached hydrogen (secondary N) is 1. The number of halogens is 2. The predicted molar refractivity (Wildman–Crippen MR) is 61.1 cm³/mol. The first-order valence-electron chi connectivity index (χ1n) is 5.36. The Labute approximate surface area is 99.4 Å². The summed E-state index contributed by atoms with van der Waals surface area (Å²) in [7, 11) is 1.66. The molecule has 96 valence electrons. The van der Waals surface area contributed by atoms with Crippen LogP contribution in [0.1, 0.15) is 5.56 Å². The zero-order valence-corrected chi connectivity index (χ0v) is 9.70. The van der Waals surface area contributed by atoms with Gasteiger partial charge in [0.1, 0.15) is 6.61 Å². The third-order valence-corrected chi connectivity index (χ3v) is 2.67. The number of rotatable bonds is 7. The van der Waals surface area contributed by atoms with Crippen molar-refractivity contribution in [3.8, 4) is 0 Å². The van der Waals surface area contributed by atoms with E-state index in [1.807, 2.05) is 30.3 Å². The van der Waals surface area contributed by atoms with Crippen LogP contribution >= 0.6 is 0 Å². The molecule has 0 bridgehead atoms. The molecule has 0 fully saturated rings. The number of aliphatic hydroxyl groups is 1. The zero-order chi connectivity index (χ0) is 12.7. The van der Waals surface area contributed by atoms with Gasteiger partial charge in [-0.25, -0.2) is 8.78 Å². The molecule has 1 aromatic carbocycles. The molecule has 3 nitrogen and oxygen atoms in total. The average Bonchev–Trinajstić information content (AvgIpc) is 2.36. The van der Waals surface area contributed by atoms with Gasteiger partial charge in [0.05, 0.1) is 18.8 Å². The molecule has 1 unspecified atom stereocenters. The van der Waals surface area contributed by atoms with Crippen LogP contribution in [0.5, 0.6) is 0 Å². The van der Waals surface area contributed by atoms with Gasteiger partial charge in [-0.15, -0.1) is 0 Å². The second-order valence-corrected chi connectivity index (χ2v) is 3.76. The Morgan fingerprint density at radius 3 is 2.47 bits per heavy atom. The topological polar surface area (TPSA) is 41.5 Å². The maximum atomic E-state index is 12.0. The Morgan fingerprint density at radius 1 is 1.35 bits per heavy atom. The highest BCUT2D eigenvalue weighted by Gasteiger charge is 2.30. The van der Waals surface area contributed by atoms with Crippen molar-refractivity contribution in [1.82, 2.24) is 5.32 Å². The SMILES string of the molecule is CNC(CO)(COCC(F)F)c1ccccc1. The summed E-state index contributed by atoms with van der Waals surface area (Å²) in [6.45, 7) is -0.860. The summed E-state index contributed by atoms with van der Waals surface area (Å²) in [5, 5.41) is 12.4. The molecule has 1 rings (SSSR count). The van der Waals surface area contributed by atoms with E-state index in [9.17, 15) is 13.9 Å². The normalized spacial score (nSPS) is 14.9. The molecule has 0 radical (unpaired) electrons. The monoisotopic (exact) mass is 245 g/mol. The van der Waals surface area contributed by atoms with E-state index in [0.29, 0.717) is 0 Å². The van der Waals surface area contributed by atoms with Gasteiger partial charge >= 0.3 is 0 Å². The van der Waals surface area contributed by atoms with Gasteiger partial charge in [0.25, 0.3) is 6.43 Å². The van der Waals surface area contributed by atoms with E-state index >= 15 is 0 Å². The Morgan fingerprint density at radius 2 is 2.00 bits per heavy atom. The molecule has 0 amide bonds. The quantitative estimate of drug-likeness (QED) is 0.762. The zero-order valence-electron chi connectivity index (χ0n) is 9.70. The maximum absolute atomic E-state index is 12.0. The third kappa shape index (κ3) is 3.73. The minimum absolute atomic E-state index is 0.00560. The lowest BCUT2D eigenvalue weighted by Gasteiger charge is -2.31. The lowest BCUT2D eigenvalue weighted by Crippen LogP contribution is -2.47. The summed E-state index contributed by atoms with van der Waals surface area (Å²) >= 11 is 0. The molecule has 17 heavy (non-hydrogen) atoms. The number of hydrogen-bond donors (Lipinski definition) is 2. The lowest BCUT2D eigenvalue weighted by atomic mass is 9.92. The highest BCUT2D eigenvalue weighted by Crippen LogP contribution is 2.20. The number of likely N-dealkylation sites (N-methyl/N-ethyl adjacent to an activating group) is 1. The third-order valence-electron chi connectivity index (χ3n) is 2.67. The molecule has 0 aliphatic rings. The van der Waals surface area contributed by atoms with Crippen molar-refractivity contribution in [2.75, 3.05) is 26.9 Å². The van der Waals surface area contributed by atoms with Gasteiger partial charge in [-0.1, -0.05) is 30.3 Å². The van der Waals surface area contributed by atoms with Crippen LogP contribution in [0.4, 0.5) is 8.78 Å². The highest BCUT2D eigenvalue weighted by atomic mass is 19.3. The molecular weight excluding hydrogens is 228 g/mol. The molecule has 0 saturated heterocycles. The Bertz CT molecular complexity index is 316. The fraction of sp³-hybridized carbons (Fsp3) is 0.500. The van der Waals surface area contributed by atoms with Crippen molar-refractivity contribution in [3.05, 3.63) is 35.9 Å². The second kappa shape index (κ2) is 6.64. The summed E-state index contributed by atoms with van der Waals surface area (Å²) in [6, 6.07) is 9.13. The number of ether oxygens (including phenoxy) is 1. The second-order valence-electron chi connectivity index (χ2n) is 3.76. The summed E-state index contributed by atoms with van der Waals surface area (Å²) < 4.78 is 28.9. The maximum Gasteiger partial charge on any atom is 0.261 e. The van der Waals surface area contributed by atoms with Gasteiger partial charge in [0.15, 0.2) is 0 Å². The van der Waals surface area contributed by atoms with E-state index < -0.39 is 18.6 Å². The van der Waals surface area contributed by atoms with Gasteiger partial charge in [0.2, 0.25) is 0 Å². The van der Waals surface area contributed by atoms with Crippen LogP contribution in [0, 0.1) is 0 Å². The van der Waals surface area contributed by atoms with E-state index in [2.05, 4.69) is 5.32 Å². The van der Waals surface area contributed by atoms with E-state index in [0.717, 1.165) is 5.56 Å². The molecule has 5 heteroatoms. The molecule has 1 aromatic rings. The summed E-state index contributed by atoms with van der Waals surface area (Å²) in [6.07, 6.45) is -2.50. The summed E-state index contributed by atoms with van der Waals surface area (Å²) in [4.78, 5) is 0. The standard InChI is InChI=1S/C12H17F2NO2/c1-15-12(8-16,9-17-7-11(13)14)10-5-3-2-4-6-10/h2-6,11,15-16H,7-9H2,1H3. The van der Waals surface area contributed by atoms with Crippen LogP contribution in [0.3, 0.4) is 0 Å². The van der Waals surface area contributed by atoms with Gasteiger partial charge in [0, 0.05) is 0 Å². The van der Waals surface area contributed by atoms with Crippen molar-refractivity contribution >= 4 is 0 Å². The van der Waals surface area contributed by atoms with Gasteiger partial charge in [-0.05, 0) is 12.6 Å². The smallest absolute Gasteiger partial charge is 0.261 e. The minimum atomic E-state index is -2.50. The molecule has 0 aliphatic heterocycles. The number of benzene rings is 1. The first-order valence-corrected chi connectivity index (χ1v) is 5.36. The molecule has 1 atom stereocenters. The first-order chi connectivity index (χ1) is 8.14. The molecule has 0 saturated carbocycles. The Hall–Kier alpha value is -1.04. The van der Waals surface area contributed by atoms with Crippen molar-refractivity contribution in [2.24, 2.45) is 0 Å². The predicted octanol–water partition coefficient (Wildman–Crippen LogP) is 1.38. The van der Waals surface area contributed by atoms with Crippen LogP contribution < -0.4 is 5.32 Å². The van der Waals surface area contributed by atoms with Gasteiger partial charge in [-0.2, -0.15) is 0 Å². The highest BCUT2D eigenvalue weighted by molar-refractivity contribution is 5.24. The molecule has 2 N–H and O–H groups in total. The Balaban J connectivity index is 2.75. The Kier molecular flexibility index (Phi) is 5.47.